The first-order valence-corrected chi connectivity index (χ1v) is 8.14. The van der Waals surface area contributed by atoms with Crippen molar-refractivity contribution in [2.45, 2.75) is 11.5 Å². The van der Waals surface area contributed by atoms with Crippen LogP contribution in [0.25, 0.3) is 5.69 Å². The summed E-state index contributed by atoms with van der Waals surface area (Å²) in [4.78, 5) is 5.08. The number of hydrogen-bond donors (Lipinski definition) is 0. The van der Waals surface area contributed by atoms with E-state index in [9.17, 15) is 8.78 Å². The maximum Gasteiger partial charge on any atom is 0.151 e. The molecule has 118 valence electrons. The molecule has 3 aromatic rings. The summed E-state index contributed by atoms with van der Waals surface area (Å²) in [6.45, 7) is 0.198. The molecular formula is C17H14F2N2OS. The number of imidazole rings is 1. The van der Waals surface area contributed by atoms with Gasteiger partial charge in [-0.1, -0.05) is 0 Å². The van der Waals surface area contributed by atoms with Gasteiger partial charge in [0.1, 0.15) is 24.0 Å². The lowest BCUT2D eigenvalue weighted by molar-refractivity contribution is 0.293. The van der Waals surface area contributed by atoms with Crippen LogP contribution in [0.5, 0.6) is 5.75 Å². The third-order valence-corrected chi connectivity index (χ3v) is 3.98. The van der Waals surface area contributed by atoms with E-state index in [2.05, 4.69) is 4.98 Å². The van der Waals surface area contributed by atoms with Crippen LogP contribution in [0.1, 0.15) is 5.82 Å². The molecule has 1 heterocycles. The van der Waals surface area contributed by atoms with E-state index in [4.69, 9.17) is 4.74 Å². The quantitative estimate of drug-likeness (QED) is 0.646. The Labute approximate surface area is 136 Å². The number of thioether (sulfide) groups is 1. The molecule has 2 aromatic carbocycles. The highest BCUT2D eigenvalue weighted by molar-refractivity contribution is 7.98. The number of rotatable bonds is 5. The van der Waals surface area contributed by atoms with Crippen molar-refractivity contribution in [3.8, 4) is 11.4 Å². The molecule has 0 spiro atoms. The fourth-order valence-corrected chi connectivity index (χ4v) is 2.63. The Hall–Kier alpha value is -2.34. The molecule has 0 N–H and O–H groups in total. The normalized spacial score (nSPS) is 10.7. The van der Waals surface area contributed by atoms with Gasteiger partial charge in [0.25, 0.3) is 0 Å². The van der Waals surface area contributed by atoms with E-state index in [0.29, 0.717) is 17.3 Å². The number of hydrogen-bond acceptors (Lipinski definition) is 3. The zero-order valence-electron chi connectivity index (χ0n) is 12.4. The highest BCUT2D eigenvalue weighted by atomic mass is 32.2. The molecule has 0 saturated heterocycles. The second-order valence-electron chi connectivity index (χ2n) is 4.81. The molecular weight excluding hydrogens is 318 g/mol. The van der Waals surface area contributed by atoms with Gasteiger partial charge in [-0.2, -0.15) is 0 Å². The van der Waals surface area contributed by atoms with Crippen LogP contribution in [-0.4, -0.2) is 15.8 Å². The molecule has 0 amide bonds. The van der Waals surface area contributed by atoms with Crippen molar-refractivity contribution in [1.29, 1.82) is 0 Å². The van der Waals surface area contributed by atoms with Gasteiger partial charge in [-0.15, -0.1) is 11.8 Å². The highest BCUT2D eigenvalue weighted by Gasteiger charge is 2.08. The Bertz CT molecular complexity index is 803. The van der Waals surface area contributed by atoms with Crippen LogP contribution in [0.3, 0.4) is 0 Å². The van der Waals surface area contributed by atoms with Crippen molar-refractivity contribution >= 4 is 11.8 Å². The van der Waals surface area contributed by atoms with Crippen LogP contribution in [0.15, 0.2) is 59.8 Å². The number of benzene rings is 2. The van der Waals surface area contributed by atoms with Crippen LogP contribution in [0, 0.1) is 11.6 Å². The summed E-state index contributed by atoms with van der Waals surface area (Å²) in [5, 5.41) is 0. The largest absolute Gasteiger partial charge is 0.486 e. The fraction of sp³-hybridized carbons (Fsp3) is 0.118. The molecule has 0 bridgehead atoms. The van der Waals surface area contributed by atoms with Gasteiger partial charge in [-0.25, -0.2) is 13.8 Å². The van der Waals surface area contributed by atoms with Crippen molar-refractivity contribution in [3.05, 3.63) is 72.3 Å². The first-order chi connectivity index (χ1) is 11.2. The molecule has 1 aromatic heterocycles. The molecule has 0 radical (unpaired) electrons. The lowest BCUT2D eigenvalue weighted by atomic mass is 10.3. The van der Waals surface area contributed by atoms with Gasteiger partial charge in [0.2, 0.25) is 0 Å². The van der Waals surface area contributed by atoms with E-state index in [0.717, 1.165) is 4.90 Å². The van der Waals surface area contributed by atoms with Crippen molar-refractivity contribution in [1.82, 2.24) is 9.55 Å². The molecule has 0 aliphatic carbocycles. The standard InChI is InChI=1S/C17H14F2N2OS/c1-23-16-9-13(19)8-14(10-16)21-7-6-20-17(21)11-22-15-4-2-12(18)3-5-15/h2-10H,11H2,1H3. The van der Waals surface area contributed by atoms with E-state index < -0.39 is 0 Å². The molecule has 0 saturated carbocycles. The molecule has 0 aliphatic heterocycles. The third kappa shape index (κ3) is 3.71. The third-order valence-electron chi connectivity index (χ3n) is 3.27. The molecule has 0 fully saturated rings. The summed E-state index contributed by atoms with van der Waals surface area (Å²) in [6, 6.07) is 10.6. The second-order valence-corrected chi connectivity index (χ2v) is 5.68. The van der Waals surface area contributed by atoms with Crippen LogP contribution in [-0.2, 0) is 6.61 Å². The molecule has 6 heteroatoms. The van der Waals surface area contributed by atoms with Gasteiger partial charge in [0.15, 0.2) is 5.82 Å². The predicted molar refractivity (Wildman–Crippen MR) is 86.0 cm³/mol. The smallest absolute Gasteiger partial charge is 0.151 e. The average Bonchev–Trinajstić information content (AvgIpc) is 3.02. The lowest BCUT2D eigenvalue weighted by Crippen LogP contribution is -2.05. The van der Waals surface area contributed by atoms with Crippen LogP contribution in [0.2, 0.25) is 0 Å². The Morgan fingerprint density at radius 2 is 1.87 bits per heavy atom. The zero-order valence-corrected chi connectivity index (χ0v) is 13.2. The summed E-state index contributed by atoms with van der Waals surface area (Å²) < 4.78 is 34.0. The van der Waals surface area contributed by atoms with Crippen molar-refractivity contribution in [3.63, 3.8) is 0 Å². The van der Waals surface area contributed by atoms with E-state index in [1.165, 1.54) is 36.0 Å². The zero-order chi connectivity index (χ0) is 16.2. The molecule has 0 atom stereocenters. The van der Waals surface area contributed by atoms with Gasteiger partial charge < -0.3 is 9.30 Å². The summed E-state index contributed by atoms with van der Waals surface area (Å²) in [6.07, 6.45) is 5.28. The molecule has 23 heavy (non-hydrogen) atoms. The fourth-order valence-electron chi connectivity index (χ4n) is 2.16. The lowest BCUT2D eigenvalue weighted by Gasteiger charge is -2.11. The Balaban J connectivity index is 1.82. The van der Waals surface area contributed by atoms with E-state index >= 15 is 0 Å². The Kier molecular flexibility index (Phi) is 4.62. The average molecular weight is 332 g/mol. The minimum atomic E-state index is -0.316. The number of halogens is 2. The molecule has 0 unspecified atom stereocenters. The van der Waals surface area contributed by atoms with Gasteiger partial charge in [0.05, 0.1) is 5.69 Å². The maximum absolute atomic E-state index is 13.7. The first kappa shape index (κ1) is 15.6. The van der Waals surface area contributed by atoms with Crippen LogP contribution in [0.4, 0.5) is 8.78 Å². The van der Waals surface area contributed by atoms with Gasteiger partial charge in [0, 0.05) is 17.3 Å². The van der Waals surface area contributed by atoms with Gasteiger partial charge in [-0.05, 0) is 48.7 Å². The van der Waals surface area contributed by atoms with E-state index in [1.54, 1.807) is 29.1 Å². The number of ether oxygens (including phenoxy) is 1. The monoisotopic (exact) mass is 332 g/mol. The topological polar surface area (TPSA) is 27.1 Å². The van der Waals surface area contributed by atoms with E-state index in [-0.39, 0.29) is 18.2 Å². The SMILES string of the molecule is CSc1cc(F)cc(-n2ccnc2COc2ccc(F)cc2)c1. The van der Waals surface area contributed by atoms with Crippen LogP contribution >= 0.6 is 11.8 Å². The molecule has 3 rings (SSSR count). The van der Waals surface area contributed by atoms with Gasteiger partial charge in [-0.3, -0.25) is 0 Å². The summed E-state index contributed by atoms with van der Waals surface area (Å²) in [5.41, 5.74) is 0.685. The van der Waals surface area contributed by atoms with Crippen molar-refractivity contribution in [2.24, 2.45) is 0 Å². The summed E-state index contributed by atoms with van der Waals surface area (Å²) in [5.74, 6) is 0.561. The van der Waals surface area contributed by atoms with Crippen molar-refractivity contribution < 1.29 is 13.5 Å². The maximum atomic E-state index is 13.7. The van der Waals surface area contributed by atoms with E-state index in [1.807, 2.05) is 12.3 Å². The number of aromatic nitrogens is 2. The minimum Gasteiger partial charge on any atom is -0.486 e. The minimum absolute atomic E-state index is 0.198. The molecule has 0 aliphatic rings. The Morgan fingerprint density at radius 1 is 1.09 bits per heavy atom. The molecule has 3 nitrogen and oxygen atoms in total. The van der Waals surface area contributed by atoms with Crippen molar-refractivity contribution in [2.75, 3.05) is 6.26 Å². The summed E-state index contributed by atoms with van der Waals surface area (Å²) in [7, 11) is 0. The second kappa shape index (κ2) is 6.83. The Morgan fingerprint density at radius 3 is 2.61 bits per heavy atom. The first-order valence-electron chi connectivity index (χ1n) is 6.91. The van der Waals surface area contributed by atoms with Crippen LogP contribution < -0.4 is 4.74 Å². The van der Waals surface area contributed by atoms with Gasteiger partial charge >= 0.3 is 0 Å². The highest BCUT2D eigenvalue weighted by Crippen LogP contribution is 2.22. The predicted octanol–water partition coefficient (Wildman–Crippen LogP) is 4.45. The number of nitrogens with zero attached hydrogens (tertiary/aromatic N) is 2. The summed E-state index contributed by atoms with van der Waals surface area (Å²) >= 11 is 1.47.